The molecule has 1 aliphatic rings. The Morgan fingerprint density at radius 2 is 2.45 bits per heavy atom. The van der Waals surface area contributed by atoms with Crippen LogP contribution in [0.5, 0.6) is 0 Å². The van der Waals surface area contributed by atoms with Gasteiger partial charge < -0.3 is 4.90 Å². The number of nitrogens with zero attached hydrogens (tertiary/aromatic N) is 2. The van der Waals surface area contributed by atoms with Crippen LogP contribution in [0.1, 0.15) is 19.3 Å². The highest BCUT2D eigenvalue weighted by Crippen LogP contribution is 2.14. The molecule has 3 heteroatoms. The monoisotopic (exact) mass is 170 g/mol. The third kappa shape index (κ3) is 2.70. The van der Waals surface area contributed by atoms with E-state index in [0.29, 0.717) is 6.04 Å². The van der Waals surface area contributed by atoms with Crippen molar-refractivity contribution in [2.75, 3.05) is 20.1 Å². The Hall–Kier alpha value is -0.240. The van der Waals surface area contributed by atoms with E-state index in [1.54, 1.807) is 0 Å². The van der Waals surface area contributed by atoms with Gasteiger partial charge in [0.05, 0.1) is 11.7 Å². The summed E-state index contributed by atoms with van der Waals surface area (Å²) in [5, 5.41) is 2.42. The molecule has 0 N–H and O–H groups in total. The van der Waals surface area contributed by atoms with Crippen molar-refractivity contribution in [3.8, 4) is 0 Å². The molecule has 0 bridgehead atoms. The fraction of sp³-hybridized carbons (Fsp3) is 0.875. The summed E-state index contributed by atoms with van der Waals surface area (Å²) >= 11 is 4.52. The number of thiocarbonyl (C=S) groups is 1. The predicted molar refractivity (Wildman–Crippen MR) is 50.2 cm³/mol. The topological polar surface area (TPSA) is 15.6 Å². The fourth-order valence-electron chi connectivity index (χ4n) is 1.52. The molecule has 0 spiro atoms. The maximum absolute atomic E-state index is 4.52. The molecule has 1 atom stereocenters. The van der Waals surface area contributed by atoms with Crippen molar-refractivity contribution in [3.63, 3.8) is 0 Å². The quantitative estimate of drug-likeness (QED) is 0.462. The number of likely N-dealkylation sites (N-methyl/N-ethyl adjacent to an activating group) is 1. The zero-order valence-electron chi connectivity index (χ0n) is 6.92. The van der Waals surface area contributed by atoms with Gasteiger partial charge in [-0.15, -0.1) is 0 Å². The van der Waals surface area contributed by atoms with Gasteiger partial charge in [-0.05, 0) is 38.7 Å². The minimum Gasteiger partial charge on any atom is -0.302 e. The van der Waals surface area contributed by atoms with Crippen molar-refractivity contribution in [2.45, 2.75) is 25.3 Å². The molecule has 62 valence electrons. The molecule has 0 amide bonds. The van der Waals surface area contributed by atoms with Gasteiger partial charge in [0.15, 0.2) is 0 Å². The maximum Gasteiger partial charge on any atom is 0.0648 e. The number of rotatable bonds is 2. The highest BCUT2D eigenvalue weighted by atomic mass is 32.1. The van der Waals surface area contributed by atoms with Crippen LogP contribution in [-0.2, 0) is 0 Å². The van der Waals surface area contributed by atoms with Gasteiger partial charge in [-0.2, -0.15) is 0 Å². The molecule has 0 radical (unpaired) electrons. The van der Waals surface area contributed by atoms with Crippen molar-refractivity contribution in [1.82, 2.24) is 4.90 Å². The molecule has 0 aliphatic carbocycles. The van der Waals surface area contributed by atoms with Gasteiger partial charge in [-0.25, -0.2) is 4.99 Å². The van der Waals surface area contributed by atoms with Crippen LogP contribution in [0.4, 0.5) is 0 Å². The Labute approximate surface area is 73.3 Å². The lowest BCUT2D eigenvalue weighted by molar-refractivity contribution is 0.191. The Morgan fingerprint density at radius 3 is 3.09 bits per heavy atom. The van der Waals surface area contributed by atoms with E-state index in [2.05, 4.69) is 34.3 Å². The second-order valence-corrected chi connectivity index (χ2v) is 3.24. The highest BCUT2D eigenvalue weighted by molar-refractivity contribution is 7.78. The smallest absolute Gasteiger partial charge is 0.0648 e. The number of piperidine rings is 1. The van der Waals surface area contributed by atoms with Crippen molar-refractivity contribution in [2.24, 2.45) is 4.99 Å². The normalized spacial score (nSPS) is 26.1. The molecule has 0 aromatic heterocycles. The highest BCUT2D eigenvalue weighted by Gasteiger charge is 2.17. The van der Waals surface area contributed by atoms with Crippen molar-refractivity contribution < 1.29 is 0 Å². The molecule has 2 nitrogen and oxygen atoms in total. The summed E-state index contributed by atoms with van der Waals surface area (Å²) in [5.74, 6) is 0. The van der Waals surface area contributed by atoms with Crippen LogP contribution in [0.15, 0.2) is 4.99 Å². The van der Waals surface area contributed by atoms with Gasteiger partial charge >= 0.3 is 0 Å². The van der Waals surface area contributed by atoms with E-state index in [-0.39, 0.29) is 0 Å². The van der Waals surface area contributed by atoms with Crippen LogP contribution < -0.4 is 0 Å². The SMILES string of the molecule is CN1CCCCC1CN=C=S. The molecule has 1 aliphatic heterocycles. The average molecular weight is 170 g/mol. The Morgan fingerprint density at radius 1 is 1.64 bits per heavy atom. The second kappa shape index (κ2) is 4.60. The first-order valence-electron chi connectivity index (χ1n) is 4.08. The standard InChI is InChI=1S/C8H14N2S/c1-10-5-3-2-4-8(10)6-9-7-11/h8H,2-6H2,1H3. The average Bonchev–Trinajstić information content (AvgIpc) is 2.03. The van der Waals surface area contributed by atoms with E-state index >= 15 is 0 Å². The lowest BCUT2D eigenvalue weighted by atomic mass is 10.0. The van der Waals surface area contributed by atoms with Crippen LogP contribution in [0.2, 0.25) is 0 Å². The lowest BCUT2D eigenvalue weighted by Crippen LogP contribution is -2.38. The van der Waals surface area contributed by atoms with Crippen LogP contribution in [0.25, 0.3) is 0 Å². The number of likely N-dealkylation sites (tertiary alicyclic amines) is 1. The summed E-state index contributed by atoms with van der Waals surface area (Å²) in [6, 6.07) is 0.610. The van der Waals surface area contributed by atoms with E-state index in [0.717, 1.165) is 6.54 Å². The first-order chi connectivity index (χ1) is 5.34. The van der Waals surface area contributed by atoms with Gasteiger partial charge in [0, 0.05) is 6.04 Å². The molecule has 1 saturated heterocycles. The summed E-state index contributed by atoms with van der Waals surface area (Å²) in [4.78, 5) is 6.33. The van der Waals surface area contributed by atoms with Gasteiger partial charge in [-0.3, -0.25) is 0 Å². The van der Waals surface area contributed by atoms with Crippen molar-refractivity contribution >= 4 is 17.4 Å². The van der Waals surface area contributed by atoms with E-state index in [4.69, 9.17) is 0 Å². The lowest BCUT2D eigenvalue weighted by Gasteiger charge is -2.30. The molecule has 0 saturated carbocycles. The number of aliphatic imine (C=N–C) groups is 1. The summed E-state index contributed by atoms with van der Waals surface area (Å²) in [7, 11) is 2.16. The van der Waals surface area contributed by atoms with E-state index in [1.807, 2.05) is 0 Å². The van der Waals surface area contributed by atoms with Crippen molar-refractivity contribution in [1.29, 1.82) is 0 Å². The zero-order valence-corrected chi connectivity index (χ0v) is 7.73. The molecular weight excluding hydrogens is 156 g/mol. The number of isothiocyanates is 1. The first-order valence-corrected chi connectivity index (χ1v) is 4.49. The van der Waals surface area contributed by atoms with Crippen LogP contribution >= 0.6 is 12.2 Å². The first kappa shape index (κ1) is 8.85. The Bertz CT molecular complexity index is 163. The van der Waals surface area contributed by atoms with Gasteiger partial charge in [0.2, 0.25) is 0 Å². The second-order valence-electron chi connectivity index (χ2n) is 3.06. The number of hydrogen-bond acceptors (Lipinski definition) is 3. The zero-order chi connectivity index (χ0) is 8.10. The molecule has 1 unspecified atom stereocenters. The van der Waals surface area contributed by atoms with E-state index < -0.39 is 0 Å². The molecule has 0 aromatic carbocycles. The fourth-order valence-corrected chi connectivity index (χ4v) is 1.59. The molecule has 1 rings (SSSR count). The summed E-state index contributed by atoms with van der Waals surface area (Å²) in [6.45, 7) is 2.04. The minimum atomic E-state index is 0.610. The summed E-state index contributed by atoms with van der Waals surface area (Å²) in [5.41, 5.74) is 0. The predicted octanol–water partition coefficient (Wildman–Crippen LogP) is 1.57. The summed E-state index contributed by atoms with van der Waals surface area (Å²) in [6.07, 6.45) is 3.92. The Kier molecular flexibility index (Phi) is 3.70. The molecule has 0 aromatic rings. The van der Waals surface area contributed by atoms with E-state index in [1.165, 1.54) is 25.8 Å². The minimum absolute atomic E-state index is 0.610. The van der Waals surface area contributed by atoms with Crippen molar-refractivity contribution in [3.05, 3.63) is 0 Å². The molecule has 11 heavy (non-hydrogen) atoms. The number of hydrogen-bond donors (Lipinski definition) is 0. The van der Waals surface area contributed by atoms with Gasteiger partial charge in [0.1, 0.15) is 0 Å². The third-order valence-corrected chi connectivity index (χ3v) is 2.42. The van der Waals surface area contributed by atoms with Gasteiger partial charge in [0.25, 0.3) is 0 Å². The third-order valence-electron chi connectivity index (χ3n) is 2.29. The molecule has 1 fully saturated rings. The summed E-state index contributed by atoms with van der Waals surface area (Å²) < 4.78 is 0. The molecule has 1 heterocycles. The van der Waals surface area contributed by atoms with E-state index in [9.17, 15) is 0 Å². The largest absolute Gasteiger partial charge is 0.302 e. The van der Waals surface area contributed by atoms with Crippen LogP contribution in [-0.4, -0.2) is 36.2 Å². The molecular formula is C8H14N2S. The Balaban J connectivity index is 2.35. The van der Waals surface area contributed by atoms with Gasteiger partial charge in [-0.1, -0.05) is 6.42 Å². The van der Waals surface area contributed by atoms with Crippen LogP contribution in [0, 0.1) is 0 Å². The maximum atomic E-state index is 4.52. The van der Waals surface area contributed by atoms with Crippen LogP contribution in [0.3, 0.4) is 0 Å².